The molecule has 2 heterocycles. The molecule has 27 heavy (non-hydrogen) atoms. The molecule has 2 aromatic carbocycles. The molecule has 1 aliphatic rings. The van der Waals surface area contributed by atoms with E-state index in [-0.39, 0.29) is 11.9 Å². The quantitative estimate of drug-likeness (QED) is 0.643. The number of esters is 1. The molecule has 1 aromatic heterocycles. The van der Waals surface area contributed by atoms with Crippen LogP contribution in [0.15, 0.2) is 36.4 Å². The van der Waals surface area contributed by atoms with Gasteiger partial charge < -0.3 is 14.6 Å². The molecule has 138 valence electrons. The number of hydrogen-bond donors (Lipinski definition) is 1. The van der Waals surface area contributed by atoms with Crippen molar-refractivity contribution in [3.05, 3.63) is 68.8 Å². The zero-order valence-electron chi connectivity index (χ0n) is 14.5. The highest BCUT2D eigenvalue weighted by atomic mass is 35.5. The van der Waals surface area contributed by atoms with E-state index in [0.29, 0.717) is 40.7 Å². The molecule has 7 heteroatoms. The fraction of sp³-hybridized carbons (Fsp3) is 0.200. The van der Waals surface area contributed by atoms with Crippen molar-refractivity contribution in [1.82, 2.24) is 9.88 Å². The molecular formula is C20H16Cl2N2O3. The maximum absolute atomic E-state index is 12.9. The molecule has 0 bridgehead atoms. The van der Waals surface area contributed by atoms with Gasteiger partial charge in [0.2, 0.25) is 0 Å². The number of amides is 1. The summed E-state index contributed by atoms with van der Waals surface area (Å²) in [7, 11) is 1.36. The number of nitrogens with one attached hydrogen (secondary N) is 1. The minimum absolute atomic E-state index is 0.0994. The highest BCUT2D eigenvalue weighted by molar-refractivity contribution is 6.42. The second-order valence-corrected chi connectivity index (χ2v) is 7.25. The van der Waals surface area contributed by atoms with Crippen molar-refractivity contribution in [2.45, 2.75) is 13.0 Å². The second kappa shape index (κ2) is 6.91. The molecule has 0 saturated carbocycles. The number of hydrogen-bond acceptors (Lipinski definition) is 3. The lowest BCUT2D eigenvalue weighted by Gasteiger charge is -2.27. The molecule has 3 aromatic rings. The van der Waals surface area contributed by atoms with Gasteiger partial charge in [0.25, 0.3) is 5.91 Å². The van der Waals surface area contributed by atoms with Gasteiger partial charge in [-0.2, -0.15) is 0 Å². The Hall–Kier alpha value is -2.50. The van der Waals surface area contributed by atoms with Crippen LogP contribution in [-0.2, 0) is 17.7 Å². The van der Waals surface area contributed by atoms with Crippen molar-refractivity contribution < 1.29 is 14.3 Å². The Morgan fingerprint density at radius 3 is 2.59 bits per heavy atom. The minimum atomic E-state index is -0.383. The molecule has 0 radical (unpaired) electrons. The van der Waals surface area contributed by atoms with Gasteiger partial charge in [0.1, 0.15) is 0 Å². The molecule has 1 N–H and O–H groups in total. The first-order valence-corrected chi connectivity index (χ1v) is 9.19. The van der Waals surface area contributed by atoms with Crippen molar-refractivity contribution in [2.24, 2.45) is 0 Å². The third kappa shape index (κ3) is 3.17. The number of H-pyrrole nitrogens is 1. The molecule has 4 rings (SSSR count). The van der Waals surface area contributed by atoms with E-state index < -0.39 is 0 Å². The summed E-state index contributed by atoms with van der Waals surface area (Å²) in [4.78, 5) is 29.9. The second-order valence-electron chi connectivity index (χ2n) is 6.44. The largest absolute Gasteiger partial charge is 0.465 e. The first-order chi connectivity index (χ1) is 13.0. The molecule has 0 fully saturated rings. The summed E-state index contributed by atoms with van der Waals surface area (Å²) in [6.07, 6.45) is 0.713. The van der Waals surface area contributed by atoms with Crippen molar-refractivity contribution in [3.8, 4) is 0 Å². The molecule has 1 aliphatic heterocycles. The van der Waals surface area contributed by atoms with Crippen LogP contribution in [0.3, 0.4) is 0 Å². The number of methoxy groups -OCH3 is 1. The maximum atomic E-state index is 12.9. The summed E-state index contributed by atoms with van der Waals surface area (Å²) in [5.74, 6) is -0.482. The van der Waals surface area contributed by atoms with Crippen molar-refractivity contribution >= 4 is 46.0 Å². The Labute approximate surface area is 165 Å². The zero-order valence-corrected chi connectivity index (χ0v) is 16.0. The van der Waals surface area contributed by atoms with Gasteiger partial charge in [-0.05, 0) is 36.4 Å². The predicted molar refractivity (Wildman–Crippen MR) is 105 cm³/mol. The standard InChI is InChI=1S/C20H16Cl2N2O3/c1-27-20(26)12-3-5-17-13(8-12)14-10-24(7-6-18(14)23-17)19(25)11-2-4-15(21)16(22)9-11/h2-5,8-9,23H,6-7,10H2,1H3. The summed E-state index contributed by atoms with van der Waals surface area (Å²) in [5, 5.41) is 1.70. The van der Waals surface area contributed by atoms with E-state index >= 15 is 0 Å². The van der Waals surface area contributed by atoms with Crippen LogP contribution in [0.1, 0.15) is 32.0 Å². The molecule has 0 atom stereocenters. The predicted octanol–water partition coefficient (Wildman–Crippen LogP) is 4.46. The smallest absolute Gasteiger partial charge is 0.337 e. The van der Waals surface area contributed by atoms with Gasteiger partial charge >= 0.3 is 5.97 Å². The van der Waals surface area contributed by atoms with Gasteiger partial charge in [-0.15, -0.1) is 0 Å². The normalized spacial score (nSPS) is 13.5. The Morgan fingerprint density at radius 2 is 1.85 bits per heavy atom. The van der Waals surface area contributed by atoms with Crippen LogP contribution in [-0.4, -0.2) is 35.4 Å². The van der Waals surface area contributed by atoms with Crippen LogP contribution in [0.25, 0.3) is 10.9 Å². The monoisotopic (exact) mass is 402 g/mol. The summed E-state index contributed by atoms with van der Waals surface area (Å²) in [5.41, 5.74) is 4.04. The molecule has 0 aliphatic carbocycles. The summed E-state index contributed by atoms with van der Waals surface area (Å²) in [6, 6.07) is 10.3. The third-order valence-electron chi connectivity index (χ3n) is 4.85. The highest BCUT2D eigenvalue weighted by Crippen LogP contribution is 2.30. The fourth-order valence-corrected chi connectivity index (χ4v) is 3.74. The average molecular weight is 403 g/mol. The zero-order chi connectivity index (χ0) is 19.1. The van der Waals surface area contributed by atoms with Gasteiger partial charge in [-0.1, -0.05) is 23.2 Å². The van der Waals surface area contributed by atoms with Crippen LogP contribution in [0.5, 0.6) is 0 Å². The number of ether oxygens (including phenoxy) is 1. The lowest BCUT2D eigenvalue weighted by atomic mass is 10.0. The Balaban J connectivity index is 1.68. The van der Waals surface area contributed by atoms with E-state index in [1.165, 1.54) is 7.11 Å². The molecule has 0 saturated heterocycles. The SMILES string of the molecule is COC(=O)c1ccc2[nH]c3c(c2c1)CN(C(=O)c1ccc(Cl)c(Cl)c1)CC3. The number of aromatic amines is 1. The number of halogens is 2. The number of benzene rings is 2. The lowest BCUT2D eigenvalue weighted by Crippen LogP contribution is -2.35. The molecule has 0 spiro atoms. The topological polar surface area (TPSA) is 62.4 Å². The molecule has 5 nitrogen and oxygen atoms in total. The van der Waals surface area contributed by atoms with Crippen molar-refractivity contribution in [1.29, 1.82) is 0 Å². The number of aromatic nitrogens is 1. The first-order valence-electron chi connectivity index (χ1n) is 8.44. The van der Waals surface area contributed by atoms with Gasteiger partial charge in [0.15, 0.2) is 0 Å². The molecule has 1 amide bonds. The summed E-state index contributed by atoms with van der Waals surface area (Å²) >= 11 is 12.0. The Bertz CT molecular complexity index is 1070. The van der Waals surface area contributed by atoms with Crippen LogP contribution in [0.2, 0.25) is 10.0 Å². The van der Waals surface area contributed by atoms with Crippen LogP contribution >= 0.6 is 23.2 Å². The van der Waals surface area contributed by atoms with E-state index in [2.05, 4.69) is 4.98 Å². The van der Waals surface area contributed by atoms with Crippen LogP contribution in [0.4, 0.5) is 0 Å². The summed E-state index contributed by atoms with van der Waals surface area (Å²) in [6.45, 7) is 1.06. The van der Waals surface area contributed by atoms with Crippen molar-refractivity contribution in [3.63, 3.8) is 0 Å². The highest BCUT2D eigenvalue weighted by Gasteiger charge is 2.25. The average Bonchev–Trinajstić information content (AvgIpc) is 3.05. The van der Waals surface area contributed by atoms with Crippen LogP contribution < -0.4 is 0 Å². The van der Waals surface area contributed by atoms with Crippen molar-refractivity contribution in [2.75, 3.05) is 13.7 Å². The van der Waals surface area contributed by atoms with E-state index in [1.807, 2.05) is 12.1 Å². The molecular weight excluding hydrogens is 387 g/mol. The number of rotatable bonds is 2. The van der Waals surface area contributed by atoms with E-state index in [1.54, 1.807) is 29.2 Å². The maximum Gasteiger partial charge on any atom is 0.337 e. The Morgan fingerprint density at radius 1 is 1.07 bits per heavy atom. The number of carbonyl (C=O) groups is 2. The fourth-order valence-electron chi connectivity index (χ4n) is 3.44. The first kappa shape index (κ1) is 17.9. The van der Waals surface area contributed by atoms with Gasteiger partial charge in [0.05, 0.1) is 22.7 Å². The number of carbonyl (C=O) groups excluding carboxylic acids is 2. The van der Waals surface area contributed by atoms with Gasteiger partial charge in [0, 0.05) is 47.2 Å². The van der Waals surface area contributed by atoms with Gasteiger partial charge in [-0.3, -0.25) is 4.79 Å². The summed E-state index contributed by atoms with van der Waals surface area (Å²) < 4.78 is 4.81. The molecule has 0 unspecified atom stereocenters. The van der Waals surface area contributed by atoms with E-state index in [9.17, 15) is 9.59 Å². The van der Waals surface area contributed by atoms with Gasteiger partial charge in [-0.25, -0.2) is 4.79 Å². The van der Waals surface area contributed by atoms with Crippen LogP contribution in [0, 0.1) is 0 Å². The Kier molecular flexibility index (Phi) is 4.58. The van der Waals surface area contributed by atoms with E-state index in [4.69, 9.17) is 27.9 Å². The number of nitrogens with zero attached hydrogens (tertiary/aromatic N) is 1. The minimum Gasteiger partial charge on any atom is -0.465 e. The lowest BCUT2D eigenvalue weighted by molar-refractivity contribution is 0.0600. The third-order valence-corrected chi connectivity index (χ3v) is 5.59. The van der Waals surface area contributed by atoms with E-state index in [0.717, 1.165) is 22.2 Å². The number of fused-ring (bicyclic) bond motifs is 3.